The number of aromatic nitrogens is 1. The fraction of sp³-hybridized carbons (Fsp3) is 0.733. The molecular weight excluding hydrogens is 286 g/mol. The lowest BCUT2D eigenvalue weighted by atomic mass is 9.99. The Balaban J connectivity index is 1.93. The van der Waals surface area contributed by atoms with Crippen LogP contribution in [0.3, 0.4) is 0 Å². The molecule has 112 valence electrons. The molecule has 1 aromatic rings. The van der Waals surface area contributed by atoms with Crippen LogP contribution in [-0.4, -0.2) is 21.9 Å². The summed E-state index contributed by atoms with van der Waals surface area (Å²) in [5, 5.41) is 6.47. The minimum atomic E-state index is 0.299. The van der Waals surface area contributed by atoms with E-state index in [0.29, 0.717) is 11.3 Å². The average molecular weight is 312 g/mol. The van der Waals surface area contributed by atoms with Gasteiger partial charge in [0.05, 0.1) is 23.3 Å². The summed E-state index contributed by atoms with van der Waals surface area (Å²) in [4.78, 5) is 10.5. The zero-order valence-corrected chi connectivity index (χ0v) is 14.7. The van der Waals surface area contributed by atoms with Gasteiger partial charge < -0.3 is 5.32 Å². The zero-order chi connectivity index (χ0) is 14.7. The van der Waals surface area contributed by atoms with Gasteiger partial charge in [-0.3, -0.25) is 4.99 Å². The SMILES string of the molecule is CCC(CC)C1CN=C(NC(C)c2sc(C)nc2C)S1. The fourth-order valence-electron chi connectivity index (χ4n) is 2.73. The molecular formula is C15H25N3S2. The number of aryl methyl sites for hydroxylation is 2. The quantitative estimate of drug-likeness (QED) is 0.880. The zero-order valence-electron chi connectivity index (χ0n) is 13.1. The van der Waals surface area contributed by atoms with Gasteiger partial charge >= 0.3 is 0 Å². The van der Waals surface area contributed by atoms with E-state index in [1.807, 2.05) is 11.8 Å². The first kappa shape index (κ1) is 15.8. The molecule has 0 fully saturated rings. The molecule has 1 aliphatic heterocycles. The Bertz CT molecular complexity index is 477. The molecule has 2 heterocycles. The van der Waals surface area contributed by atoms with Crippen LogP contribution < -0.4 is 5.32 Å². The van der Waals surface area contributed by atoms with Crippen LogP contribution in [-0.2, 0) is 0 Å². The largest absolute Gasteiger partial charge is 0.358 e. The molecule has 0 saturated carbocycles. The van der Waals surface area contributed by atoms with E-state index >= 15 is 0 Å². The molecule has 0 amide bonds. The van der Waals surface area contributed by atoms with Crippen molar-refractivity contribution in [3.05, 3.63) is 15.6 Å². The summed E-state index contributed by atoms with van der Waals surface area (Å²) in [7, 11) is 0. The molecule has 0 spiro atoms. The van der Waals surface area contributed by atoms with Crippen molar-refractivity contribution in [3.63, 3.8) is 0 Å². The maximum atomic E-state index is 4.69. The highest BCUT2D eigenvalue weighted by molar-refractivity contribution is 8.14. The molecule has 0 aromatic carbocycles. The third kappa shape index (κ3) is 3.55. The standard InChI is InChI=1S/C15H25N3S2/c1-6-12(7-2)13-8-16-15(20-13)18-10(4)14-9(3)17-11(5)19-14/h10,12-13H,6-8H2,1-5H3,(H,16,18). The van der Waals surface area contributed by atoms with Crippen molar-refractivity contribution >= 4 is 28.3 Å². The lowest BCUT2D eigenvalue weighted by Gasteiger charge is -2.19. The summed E-state index contributed by atoms with van der Waals surface area (Å²) in [5.41, 5.74) is 1.15. The van der Waals surface area contributed by atoms with Gasteiger partial charge in [0.1, 0.15) is 0 Å². The highest BCUT2D eigenvalue weighted by atomic mass is 32.2. The summed E-state index contributed by atoms with van der Waals surface area (Å²) in [6.07, 6.45) is 2.50. The van der Waals surface area contributed by atoms with Crippen molar-refractivity contribution in [1.29, 1.82) is 0 Å². The first-order valence-electron chi connectivity index (χ1n) is 7.46. The first-order chi connectivity index (χ1) is 9.55. The molecule has 2 rings (SSSR count). The molecule has 0 bridgehead atoms. The van der Waals surface area contributed by atoms with Crippen LogP contribution in [0.1, 0.15) is 55.2 Å². The molecule has 2 unspecified atom stereocenters. The minimum Gasteiger partial charge on any atom is -0.358 e. The van der Waals surface area contributed by atoms with Crippen LogP contribution in [0.25, 0.3) is 0 Å². The Morgan fingerprint density at radius 1 is 1.30 bits per heavy atom. The lowest BCUT2D eigenvalue weighted by Crippen LogP contribution is -2.24. The van der Waals surface area contributed by atoms with Crippen LogP contribution in [0.5, 0.6) is 0 Å². The number of nitrogens with one attached hydrogen (secondary N) is 1. The van der Waals surface area contributed by atoms with Crippen molar-refractivity contribution in [1.82, 2.24) is 10.3 Å². The van der Waals surface area contributed by atoms with Gasteiger partial charge in [-0.25, -0.2) is 4.98 Å². The topological polar surface area (TPSA) is 37.3 Å². The minimum absolute atomic E-state index is 0.299. The van der Waals surface area contributed by atoms with Gasteiger partial charge in [0.2, 0.25) is 0 Å². The number of amidine groups is 1. The van der Waals surface area contributed by atoms with Crippen molar-refractivity contribution in [2.24, 2.45) is 10.9 Å². The Morgan fingerprint density at radius 3 is 2.55 bits per heavy atom. The Labute approximate surface area is 130 Å². The molecule has 1 aromatic heterocycles. The van der Waals surface area contributed by atoms with Crippen LogP contribution in [0.15, 0.2) is 4.99 Å². The molecule has 5 heteroatoms. The predicted octanol–water partition coefficient (Wildman–Crippen LogP) is 4.32. The Kier molecular flexibility index (Phi) is 5.49. The van der Waals surface area contributed by atoms with E-state index < -0.39 is 0 Å². The van der Waals surface area contributed by atoms with E-state index in [9.17, 15) is 0 Å². The van der Waals surface area contributed by atoms with Gasteiger partial charge in [-0.05, 0) is 26.7 Å². The summed E-state index contributed by atoms with van der Waals surface area (Å²) in [5.74, 6) is 0.783. The van der Waals surface area contributed by atoms with Crippen molar-refractivity contribution in [2.45, 2.75) is 58.8 Å². The molecule has 20 heavy (non-hydrogen) atoms. The van der Waals surface area contributed by atoms with Crippen LogP contribution >= 0.6 is 23.1 Å². The second-order valence-electron chi connectivity index (χ2n) is 5.43. The van der Waals surface area contributed by atoms with Crippen molar-refractivity contribution in [2.75, 3.05) is 6.54 Å². The van der Waals surface area contributed by atoms with Gasteiger partial charge in [-0.1, -0.05) is 38.5 Å². The number of hydrogen-bond acceptors (Lipinski definition) is 5. The maximum Gasteiger partial charge on any atom is 0.157 e. The van der Waals surface area contributed by atoms with Crippen LogP contribution in [0.4, 0.5) is 0 Å². The van der Waals surface area contributed by atoms with Gasteiger partial charge in [-0.2, -0.15) is 0 Å². The smallest absolute Gasteiger partial charge is 0.157 e. The number of thioether (sulfide) groups is 1. The summed E-state index contributed by atoms with van der Waals surface area (Å²) in [6, 6.07) is 0.299. The van der Waals surface area contributed by atoms with E-state index in [0.717, 1.165) is 28.3 Å². The highest BCUT2D eigenvalue weighted by Gasteiger charge is 2.27. The molecule has 0 saturated heterocycles. The summed E-state index contributed by atoms with van der Waals surface area (Å²) < 4.78 is 0. The van der Waals surface area contributed by atoms with Gasteiger partial charge in [-0.15, -0.1) is 11.3 Å². The third-order valence-corrected chi connectivity index (χ3v) is 6.49. The normalized spacial score (nSPS) is 20.3. The van der Waals surface area contributed by atoms with Gasteiger partial charge in [0, 0.05) is 10.1 Å². The van der Waals surface area contributed by atoms with E-state index in [1.165, 1.54) is 17.7 Å². The first-order valence-corrected chi connectivity index (χ1v) is 9.16. The molecule has 0 aliphatic carbocycles. The van der Waals surface area contributed by atoms with E-state index in [4.69, 9.17) is 0 Å². The number of hydrogen-bond donors (Lipinski definition) is 1. The predicted molar refractivity (Wildman–Crippen MR) is 90.9 cm³/mol. The molecule has 3 nitrogen and oxygen atoms in total. The lowest BCUT2D eigenvalue weighted by molar-refractivity contribution is 0.479. The number of rotatable bonds is 5. The maximum absolute atomic E-state index is 4.69. The van der Waals surface area contributed by atoms with Crippen molar-refractivity contribution < 1.29 is 0 Å². The summed E-state index contributed by atoms with van der Waals surface area (Å²) >= 11 is 3.71. The second-order valence-corrected chi connectivity index (χ2v) is 7.89. The van der Waals surface area contributed by atoms with Gasteiger partial charge in [0.25, 0.3) is 0 Å². The van der Waals surface area contributed by atoms with E-state index in [2.05, 4.69) is 49.9 Å². The highest BCUT2D eigenvalue weighted by Crippen LogP contribution is 2.32. The molecule has 1 N–H and O–H groups in total. The van der Waals surface area contributed by atoms with E-state index in [-0.39, 0.29) is 0 Å². The van der Waals surface area contributed by atoms with Crippen LogP contribution in [0.2, 0.25) is 0 Å². The second kappa shape index (κ2) is 6.94. The Morgan fingerprint density at radius 2 is 2.00 bits per heavy atom. The number of thiazole rings is 1. The Hall–Kier alpha value is -0.550. The molecule has 1 aliphatic rings. The summed E-state index contributed by atoms with van der Waals surface area (Å²) in [6.45, 7) is 11.9. The number of aliphatic imine (C=N–C) groups is 1. The monoisotopic (exact) mass is 311 g/mol. The molecule has 2 atom stereocenters. The molecule has 0 radical (unpaired) electrons. The average Bonchev–Trinajstić information content (AvgIpc) is 2.98. The van der Waals surface area contributed by atoms with E-state index in [1.54, 1.807) is 11.3 Å². The van der Waals surface area contributed by atoms with Crippen molar-refractivity contribution in [3.8, 4) is 0 Å². The van der Waals surface area contributed by atoms with Gasteiger partial charge in [0.15, 0.2) is 5.17 Å². The fourth-order valence-corrected chi connectivity index (χ4v) is 5.07. The number of nitrogens with zero attached hydrogens (tertiary/aromatic N) is 2. The third-order valence-electron chi connectivity index (χ3n) is 3.93. The van der Waals surface area contributed by atoms with Crippen LogP contribution in [0, 0.1) is 19.8 Å².